The molecule has 0 saturated carbocycles. The summed E-state index contributed by atoms with van der Waals surface area (Å²) in [4.78, 5) is 27.2. The number of piperidine rings is 2. The van der Waals surface area contributed by atoms with Crippen LogP contribution >= 0.6 is 0 Å². The van der Waals surface area contributed by atoms with Crippen LogP contribution in [-0.4, -0.2) is 54.4 Å². The molecule has 0 radical (unpaired) electrons. The molecule has 0 unspecified atom stereocenters. The predicted octanol–water partition coefficient (Wildman–Crippen LogP) is 4.42. The van der Waals surface area contributed by atoms with Crippen molar-refractivity contribution in [3.05, 3.63) is 36.3 Å². The molecule has 33 heavy (non-hydrogen) atoms. The molecular formula is C22H24F4N6O. The zero-order valence-electron chi connectivity index (χ0n) is 17.9. The fourth-order valence-corrected chi connectivity index (χ4v) is 4.92. The van der Waals surface area contributed by atoms with Crippen LogP contribution in [-0.2, 0) is 0 Å². The first-order chi connectivity index (χ1) is 15.8. The van der Waals surface area contributed by atoms with E-state index in [1.165, 1.54) is 12.1 Å². The van der Waals surface area contributed by atoms with Gasteiger partial charge in [0.25, 0.3) is 0 Å². The van der Waals surface area contributed by atoms with Gasteiger partial charge in [0.05, 0.1) is 23.8 Å². The smallest absolute Gasteiger partial charge is 0.366 e. The number of urea groups is 1. The number of fused-ring (bicyclic) bond motifs is 4. The molecule has 2 amide bonds. The molecule has 2 saturated heterocycles. The molecule has 2 aromatic rings. The van der Waals surface area contributed by atoms with Gasteiger partial charge in [-0.2, -0.15) is 13.2 Å². The van der Waals surface area contributed by atoms with Crippen LogP contribution < -0.4 is 20.0 Å². The van der Waals surface area contributed by atoms with Crippen LogP contribution in [0, 0.1) is 11.7 Å². The number of rotatable bonds is 2. The van der Waals surface area contributed by atoms with Gasteiger partial charge in [-0.05, 0) is 49.9 Å². The molecule has 2 fully saturated rings. The molecule has 2 aromatic heterocycles. The molecule has 5 rings (SSSR count). The Morgan fingerprint density at radius 3 is 2.58 bits per heavy atom. The molecule has 2 atom stereocenters. The van der Waals surface area contributed by atoms with Crippen LogP contribution in [0.2, 0.25) is 0 Å². The highest BCUT2D eigenvalue weighted by Crippen LogP contribution is 2.41. The number of aromatic nitrogens is 2. The van der Waals surface area contributed by atoms with Crippen LogP contribution in [0.3, 0.4) is 0 Å². The summed E-state index contributed by atoms with van der Waals surface area (Å²) in [5.41, 5.74) is 0.779. The van der Waals surface area contributed by atoms with Gasteiger partial charge in [-0.25, -0.2) is 19.2 Å². The van der Waals surface area contributed by atoms with Crippen LogP contribution in [0.25, 0.3) is 0 Å². The third-order valence-corrected chi connectivity index (χ3v) is 6.56. The van der Waals surface area contributed by atoms with E-state index in [9.17, 15) is 22.4 Å². The first-order valence-electron chi connectivity index (χ1n) is 11.1. The minimum Gasteiger partial charge on any atom is -0.366 e. The van der Waals surface area contributed by atoms with E-state index in [0.29, 0.717) is 31.1 Å². The van der Waals surface area contributed by atoms with Crippen molar-refractivity contribution < 1.29 is 22.4 Å². The van der Waals surface area contributed by atoms with Gasteiger partial charge in [-0.3, -0.25) is 10.2 Å². The molecule has 3 aliphatic heterocycles. The van der Waals surface area contributed by atoms with E-state index in [1.807, 2.05) is 6.07 Å². The second kappa shape index (κ2) is 8.35. The molecule has 0 spiro atoms. The van der Waals surface area contributed by atoms with Gasteiger partial charge in [-0.1, -0.05) is 0 Å². The molecule has 7 nitrogen and oxygen atoms in total. The maximum Gasteiger partial charge on any atom is 0.393 e. The number of anilines is 4. The van der Waals surface area contributed by atoms with Crippen molar-refractivity contribution in [2.24, 2.45) is 5.92 Å². The summed E-state index contributed by atoms with van der Waals surface area (Å²) in [6.07, 6.45) is -0.997. The summed E-state index contributed by atoms with van der Waals surface area (Å²) in [6, 6.07) is 5.59. The number of halogens is 4. The summed E-state index contributed by atoms with van der Waals surface area (Å²) >= 11 is 0. The van der Waals surface area contributed by atoms with Crippen molar-refractivity contribution in [3.8, 4) is 0 Å². The van der Waals surface area contributed by atoms with Gasteiger partial charge in [-0.15, -0.1) is 0 Å². The summed E-state index contributed by atoms with van der Waals surface area (Å²) in [7, 11) is 0. The van der Waals surface area contributed by atoms with Crippen LogP contribution in [0.1, 0.15) is 25.7 Å². The van der Waals surface area contributed by atoms with Crippen molar-refractivity contribution >= 4 is 29.2 Å². The molecule has 2 bridgehead atoms. The topological polar surface area (TPSA) is 64.6 Å². The zero-order valence-corrected chi connectivity index (χ0v) is 17.9. The zero-order chi connectivity index (χ0) is 23.2. The molecule has 1 N–H and O–H groups in total. The highest BCUT2D eigenvalue weighted by Gasteiger charge is 2.43. The van der Waals surface area contributed by atoms with E-state index in [0.717, 1.165) is 31.3 Å². The third-order valence-electron chi connectivity index (χ3n) is 6.56. The Labute approximate surface area is 188 Å². The second-order valence-corrected chi connectivity index (χ2v) is 8.74. The molecular weight excluding hydrogens is 440 g/mol. The van der Waals surface area contributed by atoms with E-state index in [1.54, 1.807) is 15.9 Å². The van der Waals surface area contributed by atoms with Gasteiger partial charge in [0.1, 0.15) is 17.5 Å². The summed E-state index contributed by atoms with van der Waals surface area (Å²) in [5, 5.41) is 2.70. The number of nitrogens with zero attached hydrogens (tertiary/aromatic N) is 5. The number of nitrogens with one attached hydrogen (secondary N) is 1. The lowest BCUT2D eigenvalue weighted by molar-refractivity contribution is -0.176. The number of hydrogen-bond acceptors (Lipinski definition) is 5. The number of alkyl halides is 3. The van der Waals surface area contributed by atoms with Gasteiger partial charge in [0.15, 0.2) is 5.82 Å². The van der Waals surface area contributed by atoms with Gasteiger partial charge >= 0.3 is 12.2 Å². The number of carbonyl (C=O) groups is 1. The number of carbonyl (C=O) groups excluding carboxylic acids is 1. The first kappa shape index (κ1) is 21.7. The molecule has 5 heterocycles. The van der Waals surface area contributed by atoms with Crippen molar-refractivity contribution in [2.75, 3.05) is 46.2 Å². The lowest BCUT2D eigenvalue weighted by atomic mass is 9.97. The Morgan fingerprint density at radius 2 is 1.82 bits per heavy atom. The quantitative estimate of drug-likeness (QED) is 0.667. The SMILES string of the molecule is O=C(Nc1ccc(F)cn1)N1c2nc(N3CCC[C@H](C(F)(F)F)C3)ccc2N2CCC[C@H]1C2. The lowest BCUT2D eigenvalue weighted by Crippen LogP contribution is -2.56. The predicted molar refractivity (Wildman–Crippen MR) is 116 cm³/mol. The minimum atomic E-state index is -4.25. The van der Waals surface area contributed by atoms with Gasteiger partial charge < -0.3 is 9.80 Å². The van der Waals surface area contributed by atoms with Crippen molar-refractivity contribution in [1.29, 1.82) is 0 Å². The van der Waals surface area contributed by atoms with E-state index in [2.05, 4.69) is 15.2 Å². The van der Waals surface area contributed by atoms with Gasteiger partial charge in [0.2, 0.25) is 0 Å². The largest absolute Gasteiger partial charge is 0.393 e. The van der Waals surface area contributed by atoms with E-state index in [-0.39, 0.29) is 24.8 Å². The summed E-state index contributed by atoms with van der Waals surface area (Å²) in [5.74, 6) is -0.833. The average Bonchev–Trinajstić information content (AvgIpc) is 2.80. The Hall–Kier alpha value is -3.11. The number of amides is 2. The molecule has 11 heteroatoms. The van der Waals surface area contributed by atoms with Crippen molar-refractivity contribution in [1.82, 2.24) is 9.97 Å². The lowest BCUT2D eigenvalue weighted by Gasteiger charge is -2.46. The Balaban J connectivity index is 1.46. The van der Waals surface area contributed by atoms with E-state index in [4.69, 9.17) is 4.98 Å². The fourth-order valence-electron chi connectivity index (χ4n) is 4.92. The Morgan fingerprint density at radius 1 is 1.03 bits per heavy atom. The van der Waals surface area contributed by atoms with E-state index >= 15 is 0 Å². The molecule has 0 aliphatic carbocycles. The van der Waals surface area contributed by atoms with Crippen LogP contribution in [0.5, 0.6) is 0 Å². The molecule has 3 aliphatic rings. The van der Waals surface area contributed by atoms with Crippen molar-refractivity contribution in [2.45, 2.75) is 37.9 Å². The van der Waals surface area contributed by atoms with Crippen molar-refractivity contribution in [3.63, 3.8) is 0 Å². The highest BCUT2D eigenvalue weighted by molar-refractivity contribution is 6.04. The van der Waals surface area contributed by atoms with E-state index < -0.39 is 23.9 Å². The third kappa shape index (κ3) is 4.28. The highest BCUT2D eigenvalue weighted by atomic mass is 19.4. The number of pyridine rings is 2. The monoisotopic (exact) mass is 464 g/mol. The standard InChI is InChI=1S/C22H24F4N6O/c23-15-5-7-18(27-11-15)28-21(33)32-16-4-2-9-30(13-16)17-6-8-19(29-20(17)32)31-10-1-3-14(12-31)22(24,25)26/h5-8,11,14,16H,1-4,9-10,12-13H2,(H,27,28,33)/t14-,16-/m0/s1. The fraction of sp³-hybridized carbons (Fsp3) is 0.500. The van der Waals surface area contributed by atoms with Crippen LogP contribution in [0.15, 0.2) is 30.5 Å². The molecule has 0 aromatic carbocycles. The summed E-state index contributed by atoms with van der Waals surface area (Å²) in [6.45, 7) is 1.82. The Bertz CT molecular complexity index is 1030. The second-order valence-electron chi connectivity index (χ2n) is 8.74. The number of hydrogen-bond donors (Lipinski definition) is 1. The Kier molecular flexibility index (Phi) is 5.49. The average molecular weight is 464 g/mol. The first-order valence-corrected chi connectivity index (χ1v) is 11.1. The van der Waals surface area contributed by atoms with Gasteiger partial charge in [0, 0.05) is 26.2 Å². The molecule has 176 valence electrons. The normalized spacial score (nSPS) is 22.7. The maximum atomic E-state index is 13.3. The minimum absolute atomic E-state index is 0.111. The maximum absolute atomic E-state index is 13.3. The summed E-state index contributed by atoms with van der Waals surface area (Å²) < 4.78 is 53.1. The van der Waals surface area contributed by atoms with Crippen LogP contribution in [0.4, 0.5) is 45.5 Å².